The van der Waals surface area contributed by atoms with Gasteiger partial charge in [-0.2, -0.15) is 0 Å². The maximum Gasteiger partial charge on any atom is 0.0299 e. The van der Waals surface area contributed by atoms with Crippen molar-refractivity contribution in [1.82, 2.24) is 4.98 Å². The summed E-state index contributed by atoms with van der Waals surface area (Å²) in [6.45, 7) is 20.7. The molecule has 3 rings (SSSR count). The molecular formula is C33H39NS. The van der Waals surface area contributed by atoms with Crippen molar-refractivity contribution in [2.24, 2.45) is 0 Å². The minimum atomic E-state index is 0.899. The van der Waals surface area contributed by atoms with Gasteiger partial charge < -0.3 is 0 Å². The molecule has 0 aliphatic carbocycles. The third-order valence-corrected chi connectivity index (χ3v) is 6.60. The van der Waals surface area contributed by atoms with E-state index in [0.717, 1.165) is 29.6 Å². The maximum absolute atomic E-state index is 4.27. The van der Waals surface area contributed by atoms with Crippen LogP contribution in [0.1, 0.15) is 60.7 Å². The lowest BCUT2D eigenvalue weighted by Gasteiger charge is -2.10. The Kier molecular flexibility index (Phi) is 11.9. The zero-order valence-corrected chi connectivity index (χ0v) is 22.6. The van der Waals surface area contributed by atoms with E-state index in [4.69, 9.17) is 0 Å². The molecule has 0 amide bonds. The van der Waals surface area contributed by atoms with Crippen molar-refractivity contribution >= 4 is 23.0 Å². The number of hydrogen-bond acceptors (Lipinski definition) is 2. The van der Waals surface area contributed by atoms with E-state index in [1.165, 1.54) is 45.5 Å². The van der Waals surface area contributed by atoms with Gasteiger partial charge in [0.15, 0.2) is 0 Å². The van der Waals surface area contributed by atoms with Crippen LogP contribution in [-0.4, -0.2) is 4.98 Å². The monoisotopic (exact) mass is 481 g/mol. The SMILES string of the molecule is C=Cc1cc(/C(C)=C/C=C(\C(=C)C)C(=C)CCc2cccnc2)cs1.CCCc1cccc(C)c1. The van der Waals surface area contributed by atoms with Gasteiger partial charge in [-0.1, -0.05) is 92.8 Å². The number of hydrogen-bond donors (Lipinski definition) is 0. The number of aromatic nitrogens is 1. The number of nitrogens with zero attached hydrogens (tertiary/aromatic N) is 1. The Morgan fingerprint density at radius 3 is 2.37 bits per heavy atom. The molecule has 1 aromatic carbocycles. The predicted octanol–water partition coefficient (Wildman–Crippen LogP) is 9.83. The van der Waals surface area contributed by atoms with Crippen molar-refractivity contribution in [3.8, 4) is 0 Å². The second-order valence-electron chi connectivity index (χ2n) is 8.86. The number of thiophene rings is 1. The summed E-state index contributed by atoms with van der Waals surface area (Å²) >= 11 is 1.71. The highest BCUT2D eigenvalue weighted by atomic mass is 32.1. The number of aryl methyl sites for hydroxylation is 3. The standard InChI is InChI=1S/C23H25NS.C10H14/c1-6-22-14-21(16-25-22)18(4)10-12-23(17(2)3)19(5)9-11-20-8-7-13-24-15-20;1-3-5-10-7-4-6-9(2)8-10/h6-8,10,12-16H,1-2,5,9,11H2,3-4H3;4,6-8H,3,5H2,1-2H3/b18-10+,23-12+;. The first-order valence-electron chi connectivity index (χ1n) is 12.2. The Hall–Kier alpha value is -3.23. The van der Waals surface area contributed by atoms with Crippen LogP contribution in [0.2, 0.25) is 0 Å². The molecule has 0 bridgehead atoms. The Bertz CT molecular complexity index is 1170. The number of rotatable bonds is 10. The quantitative estimate of drug-likeness (QED) is 0.263. The van der Waals surface area contributed by atoms with Crippen LogP contribution in [0.15, 0.2) is 109 Å². The van der Waals surface area contributed by atoms with Gasteiger partial charge in [0, 0.05) is 17.3 Å². The number of pyridine rings is 1. The first-order chi connectivity index (χ1) is 16.8. The molecule has 2 heteroatoms. The summed E-state index contributed by atoms with van der Waals surface area (Å²) in [6, 6.07) is 14.9. The molecule has 0 saturated carbocycles. The van der Waals surface area contributed by atoms with E-state index in [9.17, 15) is 0 Å². The van der Waals surface area contributed by atoms with Crippen LogP contribution in [-0.2, 0) is 12.8 Å². The molecule has 0 aliphatic rings. The predicted molar refractivity (Wildman–Crippen MR) is 158 cm³/mol. The first kappa shape index (κ1) is 28.0. The third kappa shape index (κ3) is 9.88. The van der Waals surface area contributed by atoms with Crippen LogP contribution in [0.4, 0.5) is 0 Å². The topological polar surface area (TPSA) is 12.9 Å². The second-order valence-corrected chi connectivity index (χ2v) is 9.80. The van der Waals surface area contributed by atoms with Crippen LogP contribution in [0.25, 0.3) is 11.6 Å². The van der Waals surface area contributed by atoms with E-state index in [1.54, 1.807) is 17.5 Å². The van der Waals surface area contributed by atoms with E-state index < -0.39 is 0 Å². The van der Waals surface area contributed by atoms with Gasteiger partial charge in [0.25, 0.3) is 0 Å². The fourth-order valence-electron chi connectivity index (χ4n) is 3.67. The van der Waals surface area contributed by atoms with Gasteiger partial charge in [-0.25, -0.2) is 0 Å². The minimum Gasteiger partial charge on any atom is -0.264 e. The molecule has 0 unspecified atom stereocenters. The lowest BCUT2D eigenvalue weighted by molar-refractivity contribution is 0.920. The summed E-state index contributed by atoms with van der Waals surface area (Å²) in [6.07, 6.45) is 14.2. The molecule has 0 radical (unpaired) electrons. The molecule has 3 aromatic rings. The average Bonchev–Trinajstić information content (AvgIpc) is 3.33. The van der Waals surface area contributed by atoms with Crippen LogP contribution in [0, 0.1) is 6.92 Å². The highest BCUT2D eigenvalue weighted by molar-refractivity contribution is 7.11. The Morgan fingerprint density at radius 1 is 1.00 bits per heavy atom. The molecule has 35 heavy (non-hydrogen) atoms. The fraction of sp³-hybridized carbons (Fsp3) is 0.242. The zero-order valence-electron chi connectivity index (χ0n) is 21.8. The molecule has 0 atom stereocenters. The van der Waals surface area contributed by atoms with Crippen LogP contribution < -0.4 is 0 Å². The molecule has 1 nitrogen and oxygen atoms in total. The summed E-state index contributed by atoms with van der Waals surface area (Å²) in [5, 5.41) is 2.16. The molecule has 182 valence electrons. The molecule has 0 spiro atoms. The summed E-state index contributed by atoms with van der Waals surface area (Å²) in [7, 11) is 0. The Balaban J connectivity index is 0.000000360. The van der Waals surface area contributed by atoms with Crippen LogP contribution >= 0.6 is 11.3 Å². The van der Waals surface area contributed by atoms with E-state index in [0.29, 0.717) is 0 Å². The van der Waals surface area contributed by atoms with Crippen molar-refractivity contribution in [1.29, 1.82) is 0 Å². The van der Waals surface area contributed by atoms with Crippen molar-refractivity contribution < 1.29 is 0 Å². The van der Waals surface area contributed by atoms with Gasteiger partial charge >= 0.3 is 0 Å². The van der Waals surface area contributed by atoms with Gasteiger partial charge in [0.05, 0.1) is 0 Å². The second kappa shape index (κ2) is 14.9. The summed E-state index contributed by atoms with van der Waals surface area (Å²) in [4.78, 5) is 5.36. The fourth-order valence-corrected chi connectivity index (χ4v) is 4.47. The van der Waals surface area contributed by atoms with Crippen molar-refractivity contribution in [3.05, 3.63) is 136 Å². The summed E-state index contributed by atoms with van der Waals surface area (Å²) in [5.41, 5.74) is 9.79. The maximum atomic E-state index is 4.27. The van der Waals surface area contributed by atoms with Gasteiger partial charge in [-0.15, -0.1) is 11.3 Å². The number of allylic oxidation sites excluding steroid dienone is 6. The van der Waals surface area contributed by atoms with Crippen LogP contribution in [0.5, 0.6) is 0 Å². The van der Waals surface area contributed by atoms with Crippen molar-refractivity contribution in [2.75, 3.05) is 0 Å². The normalized spacial score (nSPS) is 11.4. The summed E-state index contributed by atoms with van der Waals surface area (Å²) < 4.78 is 0. The van der Waals surface area contributed by atoms with Gasteiger partial charge in [-0.3, -0.25) is 4.98 Å². The van der Waals surface area contributed by atoms with Crippen LogP contribution in [0.3, 0.4) is 0 Å². The molecule has 0 saturated heterocycles. The first-order valence-corrected chi connectivity index (χ1v) is 13.1. The highest BCUT2D eigenvalue weighted by Crippen LogP contribution is 2.25. The van der Waals surface area contributed by atoms with Crippen molar-refractivity contribution in [3.63, 3.8) is 0 Å². The highest BCUT2D eigenvalue weighted by Gasteiger charge is 2.05. The third-order valence-electron chi connectivity index (χ3n) is 5.68. The van der Waals surface area contributed by atoms with Gasteiger partial charge in [-0.05, 0) is 91.0 Å². The molecule has 0 aliphatic heterocycles. The van der Waals surface area contributed by atoms with E-state index in [-0.39, 0.29) is 0 Å². The van der Waals surface area contributed by atoms with Crippen molar-refractivity contribution in [2.45, 2.75) is 53.4 Å². The van der Waals surface area contributed by atoms with E-state index in [1.807, 2.05) is 25.3 Å². The molecule has 0 fully saturated rings. The Labute approximate surface area is 217 Å². The number of benzene rings is 1. The van der Waals surface area contributed by atoms with E-state index in [2.05, 4.69) is 99.4 Å². The largest absolute Gasteiger partial charge is 0.264 e. The zero-order chi connectivity index (χ0) is 25.6. The lowest BCUT2D eigenvalue weighted by Crippen LogP contribution is -1.94. The van der Waals surface area contributed by atoms with Gasteiger partial charge in [0.2, 0.25) is 0 Å². The molecule has 0 N–H and O–H groups in total. The van der Waals surface area contributed by atoms with Gasteiger partial charge in [0.1, 0.15) is 0 Å². The average molecular weight is 482 g/mol. The summed E-state index contributed by atoms with van der Waals surface area (Å²) in [5.74, 6) is 0. The molecule has 2 aromatic heterocycles. The Morgan fingerprint density at radius 2 is 1.77 bits per heavy atom. The smallest absolute Gasteiger partial charge is 0.0299 e. The molecular weight excluding hydrogens is 442 g/mol. The minimum absolute atomic E-state index is 0.899. The lowest BCUT2D eigenvalue weighted by atomic mass is 9.95. The molecule has 2 heterocycles. The van der Waals surface area contributed by atoms with E-state index >= 15 is 0 Å².